The second-order valence-corrected chi connectivity index (χ2v) is 5.61. The molecule has 3 rings (SSSR count). The van der Waals surface area contributed by atoms with Crippen LogP contribution in [-0.4, -0.2) is 27.4 Å². The van der Waals surface area contributed by atoms with Crippen LogP contribution >= 0.6 is 11.6 Å². The van der Waals surface area contributed by atoms with Gasteiger partial charge in [-0.25, -0.2) is 9.78 Å². The molecule has 0 saturated heterocycles. The maximum absolute atomic E-state index is 11.9. The lowest BCUT2D eigenvalue weighted by molar-refractivity contribution is -0.384. The van der Waals surface area contributed by atoms with Crippen molar-refractivity contribution in [3.8, 4) is 0 Å². The van der Waals surface area contributed by atoms with Crippen LogP contribution in [0.5, 0.6) is 0 Å². The average molecular weight is 361 g/mol. The zero-order valence-electron chi connectivity index (χ0n) is 13.1. The number of aromatic nitrogens is 2. The third kappa shape index (κ3) is 3.53. The fraction of sp³-hybridized carbons (Fsp3) is 0.125. The Hall–Kier alpha value is -3.13. The molecule has 8 nitrogen and oxygen atoms in total. The molecule has 0 fully saturated rings. The highest BCUT2D eigenvalue weighted by atomic mass is 35.5. The molecule has 1 aromatic carbocycles. The number of nitrogens with zero attached hydrogens (tertiary/aromatic N) is 3. The van der Waals surface area contributed by atoms with Crippen molar-refractivity contribution in [2.24, 2.45) is 0 Å². The average Bonchev–Trinajstić information content (AvgIpc) is 3.00. The summed E-state index contributed by atoms with van der Waals surface area (Å²) < 4.78 is 6.48. The summed E-state index contributed by atoms with van der Waals surface area (Å²) in [4.78, 5) is 26.6. The first-order valence-electron chi connectivity index (χ1n) is 7.21. The summed E-state index contributed by atoms with van der Waals surface area (Å²) in [5.41, 5.74) is 1.78. The number of ether oxygens (including phenoxy) is 1. The Balaban J connectivity index is 1.86. The Morgan fingerprint density at radius 1 is 1.36 bits per heavy atom. The number of pyridine rings is 1. The van der Waals surface area contributed by atoms with E-state index in [1.807, 2.05) is 0 Å². The second kappa shape index (κ2) is 6.78. The third-order valence-corrected chi connectivity index (χ3v) is 3.77. The van der Waals surface area contributed by atoms with Crippen LogP contribution in [-0.2, 0) is 11.3 Å². The lowest BCUT2D eigenvalue weighted by Crippen LogP contribution is -2.09. The molecule has 128 valence electrons. The molecule has 3 aromatic rings. The number of hydrogen-bond acceptors (Lipinski definition) is 6. The van der Waals surface area contributed by atoms with Gasteiger partial charge < -0.3 is 14.5 Å². The van der Waals surface area contributed by atoms with Crippen molar-refractivity contribution < 1.29 is 14.5 Å². The first kappa shape index (κ1) is 16.7. The number of nitro benzene ring substituents is 1. The first-order valence-corrected chi connectivity index (χ1v) is 7.59. The van der Waals surface area contributed by atoms with E-state index in [9.17, 15) is 14.9 Å². The highest BCUT2D eigenvalue weighted by Crippen LogP contribution is 2.23. The number of anilines is 1. The minimum absolute atomic E-state index is 0.0866. The van der Waals surface area contributed by atoms with Gasteiger partial charge >= 0.3 is 5.97 Å². The summed E-state index contributed by atoms with van der Waals surface area (Å²) >= 11 is 5.94. The standard InChI is InChI=1S/C16H13ClN4O4/c1-25-16(22)13-6-12(21(23)24)3-4-14(13)18-7-11-9-20-8-10(17)2-5-15(20)19-11/h2-6,8-9,18H,7H2,1H3. The second-order valence-electron chi connectivity index (χ2n) is 5.18. The van der Waals surface area contributed by atoms with Gasteiger partial charge in [0, 0.05) is 30.2 Å². The van der Waals surface area contributed by atoms with Gasteiger partial charge in [0.15, 0.2) is 0 Å². The van der Waals surface area contributed by atoms with Crippen molar-refractivity contribution in [1.82, 2.24) is 9.38 Å². The zero-order chi connectivity index (χ0) is 18.0. The van der Waals surface area contributed by atoms with E-state index in [1.165, 1.54) is 25.3 Å². The Kier molecular flexibility index (Phi) is 4.53. The molecule has 2 heterocycles. The number of carbonyl (C=O) groups is 1. The van der Waals surface area contributed by atoms with E-state index in [0.717, 1.165) is 11.3 Å². The first-order chi connectivity index (χ1) is 12.0. The number of imidazole rings is 1. The van der Waals surface area contributed by atoms with Crippen LogP contribution in [0.15, 0.2) is 42.7 Å². The van der Waals surface area contributed by atoms with E-state index in [0.29, 0.717) is 17.3 Å². The number of hydrogen-bond donors (Lipinski definition) is 1. The molecule has 0 saturated carbocycles. The molecule has 25 heavy (non-hydrogen) atoms. The van der Waals surface area contributed by atoms with Crippen LogP contribution in [0.25, 0.3) is 5.65 Å². The van der Waals surface area contributed by atoms with Crippen molar-refractivity contribution in [2.45, 2.75) is 6.54 Å². The number of fused-ring (bicyclic) bond motifs is 1. The lowest BCUT2D eigenvalue weighted by atomic mass is 10.1. The monoisotopic (exact) mass is 360 g/mol. The van der Waals surface area contributed by atoms with Gasteiger partial charge in [-0.15, -0.1) is 0 Å². The number of nitro groups is 1. The van der Waals surface area contributed by atoms with E-state index in [-0.39, 0.29) is 11.3 Å². The summed E-state index contributed by atoms with van der Waals surface area (Å²) in [5.74, 6) is -0.659. The van der Waals surface area contributed by atoms with Gasteiger partial charge in [-0.2, -0.15) is 0 Å². The van der Waals surface area contributed by atoms with Crippen LogP contribution in [0, 0.1) is 10.1 Å². The largest absolute Gasteiger partial charge is 0.465 e. The molecule has 0 aliphatic rings. The number of carbonyl (C=O) groups excluding carboxylic acids is 1. The van der Waals surface area contributed by atoms with Crippen molar-refractivity contribution in [3.05, 3.63) is 69.1 Å². The number of benzene rings is 1. The lowest BCUT2D eigenvalue weighted by Gasteiger charge is -2.09. The minimum atomic E-state index is -0.659. The summed E-state index contributed by atoms with van der Waals surface area (Å²) in [6.07, 6.45) is 3.54. The van der Waals surface area contributed by atoms with E-state index in [2.05, 4.69) is 15.0 Å². The number of esters is 1. The van der Waals surface area contributed by atoms with Gasteiger partial charge in [0.25, 0.3) is 5.69 Å². The topological polar surface area (TPSA) is 98.8 Å². The Bertz CT molecular complexity index is 970. The molecule has 2 aromatic heterocycles. The van der Waals surface area contributed by atoms with Crippen LogP contribution in [0.3, 0.4) is 0 Å². The molecule has 0 spiro atoms. The summed E-state index contributed by atoms with van der Waals surface area (Å²) in [5, 5.41) is 14.5. The predicted octanol–water partition coefficient (Wildman–Crippen LogP) is 3.29. The summed E-state index contributed by atoms with van der Waals surface area (Å²) in [6.45, 7) is 0.321. The molecule has 0 atom stereocenters. The SMILES string of the molecule is COC(=O)c1cc([N+](=O)[O-])ccc1NCc1cn2cc(Cl)ccc2n1. The van der Waals surface area contributed by atoms with Gasteiger partial charge in [0.05, 0.1) is 34.9 Å². The number of halogens is 1. The summed E-state index contributed by atoms with van der Waals surface area (Å²) in [6, 6.07) is 7.50. The van der Waals surface area contributed by atoms with Gasteiger partial charge in [-0.1, -0.05) is 11.6 Å². The molecular weight excluding hydrogens is 348 g/mol. The number of nitrogens with one attached hydrogen (secondary N) is 1. The fourth-order valence-electron chi connectivity index (χ4n) is 2.37. The van der Waals surface area contributed by atoms with E-state index in [1.54, 1.807) is 28.9 Å². The van der Waals surface area contributed by atoms with E-state index >= 15 is 0 Å². The van der Waals surface area contributed by atoms with Gasteiger partial charge in [0.2, 0.25) is 0 Å². The quantitative estimate of drug-likeness (QED) is 0.426. The molecule has 9 heteroatoms. The zero-order valence-corrected chi connectivity index (χ0v) is 13.9. The van der Waals surface area contributed by atoms with Crippen LogP contribution < -0.4 is 5.32 Å². The normalized spacial score (nSPS) is 10.6. The maximum Gasteiger partial charge on any atom is 0.340 e. The molecular formula is C16H13ClN4O4. The van der Waals surface area contributed by atoms with Crippen molar-refractivity contribution >= 4 is 34.6 Å². The summed E-state index contributed by atoms with van der Waals surface area (Å²) in [7, 11) is 1.22. The van der Waals surface area contributed by atoms with Gasteiger partial charge in [-0.3, -0.25) is 10.1 Å². The third-order valence-electron chi connectivity index (χ3n) is 3.54. The van der Waals surface area contributed by atoms with Crippen molar-refractivity contribution in [2.75, 3.05) is 12.4 Å². The maximum atomic E-state index is 11.9. The molecule has 0 bridgehead atoms. The molecule has 0 amide bonds. The smallest absolute Gasteiger partial charge is 0.340 e. The van der Waals surface area contributed by atoms with Crippen LogP contribution in [0.2, 0.25) is 5.02 Å². The molecule has 1 N–H and O–H groups in total. The highest BCUT2D eigenvalue weighted by molar-refractivity contribution is 6.30. The van der Waals surface area contributed by atoms with Crippen LogP contribution in [0.1, 0.15) is 16.1 Å². The molecule has 0 aliphatic carbocycles. The Labute approximate surface area is 147 Å². The number of rotatable bonds is 5. The van der Waals surface area contributed by atoms with E-state index in [4.69, 9.17) is 11.6 Å². The van der Waals surface area contributed by atoms with Crippen molar-refractivity contribution in [1.29, 1.82) is 0 Å². The number of non-ortho nitro benzene ring substituents is 1. The van der Waals surface area contributed by atoms with Gasteiger partial charge in [0.1, 0.15) is 5.65 Å². The highest BCUT2D eigenvalue weighted by Gasteiger charge is 2.17. The number of methoxy groups -OCH3 is 1. The predicted molar refractivity (Wildman–Crippen MR) is 92.0 cm³/mol. The Morgan fingerprint density at radius 3 is 2.88 bits per heavy atom. The Morgan fingerprint density at radius 2 is 2.16 bits per heavy atom. The minimum Gasteiger partial charge on any atom is -0.465 e. The van der Waals surface area contributed by atoms with E-state index < -0.39 is 10.9 Å². The molecule has 0 aliphatic heterocycles. The fourth-order valence-corrected chi connectivity index (χ4v) is 2.54. The van der Waals surface area contributed by atoms with Gasteiger partial charge in [-0.05, 0) is 18.2 Å². The molecule has 0 radical (unpaired) electrons. The van der Waals surface area contributed by atoms with Crippen molar-refractivity contribution in [3.63, 3.8) is 0 Å². The van der Waals surface area contributed by atoms with Crippen LogP contribution in [0.4, 0.5) is 11.4 Å². The molecule has 0 unspecified atom stereocenters.